The van der Waals surface area contributed by atoms with E-state index in [0.29, 0.717) is 11.1 Å². The van der Waals surface area contributed by atoms with Gasteiger partial charge in [-0.05, 0) is 23.3 Å². The lowest BCUT2D eigenvalue weighted by atomic mass is 10.0. The standard InChI is InChI=1S/C12H14N4O/c1-2-8(7-16-12(14)15)9-4-3-5-10(6-9)11(13)17/h2-7H,1H2,(H2,13,17)(H4,14,15,16)/b8-7+. The van der Waals surface area contributed by atoms with E-state index in [-0.39, 0.29) is 5.96 Å². The van der Waals surface area contributed by atoms with E-state index in [4.69, 9.17) is 17.2 Å². The van der Waals surface area contributed by atoms with Crippen LogP contribution in [0.1, 0.15) is 15.9 Å². The Kier molecular flexibility index (Phi) is 4.05. The molecule has 1 aromatic rings. The van der Waals surface area contributed by atoms with Gasteiger partial charge >= 0.3 is 0 Å². The maximum Gasteiger partial charge on any atom is 0.248 e. The molecule has 0 saturated carbocycles. The molecule has 0 saturated heterocycles. The predicted octanol–water partition coefficient (Wildman–Crippen LogP) is 0.586. The summed E-state index contributed by atoms with van der Waals surface area (Å²) in [4.78, 5) is 14.8. The molecule has 5 nitrogen and oxygen atoms in total. The Labute approximate surface area is 99.3 Å². The van der Waals surface area contributed by atoms with Crippen LogP contribution in [0.4, 0.5) is 0 Å². The molecule has 0 aliphatic rings. The molecule has 0 atom stereocenters. The van der Waals surface area contributed by atoms with E-state index < -0.39 is 5.91 Å². The van der Waals surface area contributed by atoms with Gasteiger partial charge in [0.05, 0.1) is 0 Å². The van der Waals surface area contributed by atoms with Gasteiger partial charge in [0.25, 0.3) is 0 Å². The first kappa shape index (κ1) is 12.5. The quantitative estimate of drug-likeness (QED) is 0.400. The number of carbonyl (C=O) groups is 1. The smallest absolute Gasteiger partial charge is 0.248 e. The van der Waals surface area contributed by atoms with Crippen LogP contribution in [0.15, 0.2) is 48.1 Å². The number of hydrogen-bond donors (Lipinski definition) is 3. The maximum absolute atomic E-state index is 11.0. The third kappa shape index (κ3) is 3.49. The van der Waals surface area contributed by atoms with Crippen molar-refractivity contribution in [3.63, 3.8) is 0 Å². The van der Waals surface area contributed by atoms with Crippen molar-refractivity contribution in [2.24, 2.45) is 22.2 Å². The molecular weight excluding hydrogens is 216 g/mol. The number of guanidine groups is 1. The van der Waals surface area contributed by atoms with Crippen LogP contribution >= 0.6 is 0 Å². The SMILES string of the molecule is C=C/C(=C\N=C(N)N)c1cccc(C(N)=O)c1. The number of amides is 1. The Hall–Kier alpha value is -2.56. The monoisotopic (exact) mass is 230 g/mol. The van der Waals surface area contributed by atoms with Crippen LogP contribution in [-0.2, 0) is 0 Å². The van der Waals surface area contributed by atoms with Crippen molar-refractivity contribution < 1.29 is 4.79 Å². The molecule has 88 valence electrons. The minimum Gasteiger partial charge on any atom is -0.370 e. The predicted molar refractivity (Wildman–Crippen MR) is 68.9 cm³/mol. The Bertz CT molecular complexity index is 499. The van der Waals surface area contributed by atoms with Crippen molar-refractivity contribution in [1.29, 1.82) is 0 Å². The van der Waals surface area contributed by atoms with Gasteiger partial charge in [0.1, 0.15) is 0 Å². The van der Waals surface area contributed by atoms with Crippen LogP contribution in [0.25, 0.3) is 5.57 Å². The van der Waals surface area contributed by atoms with Crippen molar-refractivity contribution in [2.45, 2.75) is 0 Å². The van der Waals surface area contributed by atoms with Gasteiger partial charge in [0, 0.05) is 11.8 Å². The molecule has 17 heavy (non-hydrogen) atoms. The zero-order valence-electron chi connectivity index (χ0n) is 9.26. The summed E-state index contributed by atoms with van der Waals surface area (Å²) in [5.74, 6) is -0.535. The number of nitrogens with zero attached hydrogens (tertiary/aromatic N) is 1. The molecule has 1 amide bonds. The zero-order chi connectivity index (χ0) is 12.8. The Morgan fingerprint density at radius 2 is 1.88 bits per heavy atom. The molecule has 0 aliphatic heterocycles. The van der Waals surface area contributed by atoms with Gasteiger partial charge in [-0.2, -0.15) is 0 Å². The van der Waals surface area contributed by atoms with Crippen LogP contribution < -0.4 is 17.2 Å². The molecule has 0 fully saturated rings. The molecule has 5 heteroatoms. The number of allylic oxidation sites excluding steroid dienone is 2. The number of nitrogens with two attached hydrogens (primary N) is 3. The van der Waals surface area contributed by atoms with Gasteiger partial charge in [-0.1, -0.05) is 24.8 Å². The van der Waals surface area contributed by atoms with Crippen LogP contribution in [0.2, 0.25) is 0 Å². The van der Waals surface area contributed by atoms with E-state index in [1.807, 2.05) is 6.07 Å². The number of benzene rings is 1. The van der Waals surface area contributed by atoms with Gasteiger partial charge < -0.3 is 17.2 Å². The second-order valence-electron chi connectivity index (χ2n) is 3.29. The van der Waals surface area contributed by atoms with Crippen molar-refractivity contribution >= 4 is 17.4 Å². The lowest BCUT2D eigenvalue weighted by Crippen LogP contribution is -2.21. The molecule has 1 rings (SSSR count). The van der Waals surface area contributed by atoms with Gasteiger partial charge in [-0.25, -0.2) is 4.99 Å². The first-order valence-corrected chi connectivity index (χ1v) is 4.86. The summed E-state index contributed by atoms with van der Waals surface area (Å²) in [6, 6.07) is 6.82. The van der Waals surface area contributed by atoms with Crippen LogP contribution in [-0.4, -0.2) is 11.9 Å². The van der Waals surface area contributed by atoms with Gasteiger partial charge in [0.2, 0.25) is 5.91 Å². The molecule has 1 aromatic carbocycles. The van der Waals surface area contributed by atoms with Crippen LogP contribution in [0.5, 0.6) is 0 Å². The number of hydrogen-bond acceptors (Lipinski definition) is 2. The van der Waals surface area contributed by atoms with Crippen molar-refractivity contribution in [2.75, 3.05) is 0 Å². The minimum absolute atomic E-state index is 0.0459. The van der Waals surface area contributed by atoms with E-state index in [2.05, 4.69) is 11.6 Å². The maximum atomic E-state index is 11.0. The summed E-state index contributed by atoms with van der Waals surface area (Å²) in [5.41, 5.74) is 17.5. The lowest BCUT2D eigenvalue weighted by Gasteiger charge is -2.03. The van der Waals surface area contributed by atoms with Gasteiger partial charge in [-0.15, -0.1) is 0 Å². The van der Waals surface area contributed by atoms with Crippen LogP contribution in [0, 0.1) is 0 Å². The Balaban J connectivity index is 3.17. The number of aliphatic imine (C=N–C) groups is 1. The van der Waals surface area contributed by atoms with E-state index in [9.17, 15) is 4.79 Å². The molecule has 0 aliphatic carbocycles. The summed E-state index contributed by atoms with van der Waals surface area (Å²) in [6.07, 6.45) is 3.06. The van der Waals surface area contributed by atoms with E-state index in [1.165, 1.54) is 6.20 Å². The summed E-state index contributed by atoms with van der Waals surface area (Å²) >= 11 is 0. The zero-order valence-corrected chi connectivity index (χ0v) is 9.26. The van der Waals surface area contributed by atoms with E-state index >= 15 is 0 Å². The normalized spacial score (nSPS) is 10.7. The van der Waals surface area contributed by atoms with Crippen LogP contribution in [0.3, 0.4) is 0 Å². The second-order valence-corrected chi connectivity index (χ2v) is 3.29. The molecule has 0 bridgehead atoms. The molecule has 0 unspecified atom stereocenters. The molecule has 0 radical (unpaired) electrons. The molecule has 0 heterocycles. The van der Waals surface area contributed by atoms with Gasteiger partial charge in [-0.3, -0.25) is 4.79 Å². The fourth-order valence-electron chi connectivity index (χ4n) is 1.24. The molecule has 6 N–H and O–H groups in total. The minimum atomic E-state index is -0.489. The third-order valence-electron chi connectivity index (χ3n) is 2.05. The largest absolute Gasteiger partial charge is 0.370 e. The molecular formula is C12H14N4O. The van der Waals surface area contributed by atoms with Gasteiger partial charge in [0.15, 0.2) is 5.96 Å². The highest BCUT2D eigenvalue weighted by atomic mass is 16.1. The highest BCUT2D eigenvalue weighted by molar-refractivity contribution is 5.94. The average Bonchev–Trinajstić information content (AvgIpc) is 2.30. The molecule has 0 spiro atoms. The van der Waals surface area contributed by atoms with Crippen molar-refractivity contribution in [3.05, 3.63) is 54.2 Å². The summed E-state index contributed by atoms with van der Waals surface area (Å²) in [7, 11) is 0. The first-order valence-electron chi connectivity index (χ1n) is 4.86. The topological polar surface area (TPSA) is 107 Å². The fraction of sp³-hybridized carbons (Fsp3) is 0. The summed E-state index contributed by atoms with van der Waals surface area (Å²) < 4.78 is 0. The average molecular weight is 230 g/mol. The van der Waals surface area contributed by atoms with Crippen molar-refractivity contribution in [3.8, 4) is 0 Å². The van der Waals surface area contributed by atoms with E-state index in [1.54, 1.807) is 24.3 Å². The third-order valence-corrected chi connectivity index (χ3v) is 2.05. The highest BCUT2D eigenvalue weighted by Crippen LogP contribution is 2.16. The summed E-state index contributed by atoms with van der Waals surface area (Å²) in [5, 5.41) is 0. The molecule has 0 aromatic heterocycles. The Morgan fingerprint density at radius 3 is 2.41 bits per heavy atom. The summed E-state index contributed by atoms with van der Waals surface area (Å²) in [6.45, 7) is 3.65. The first-order chi connectivity index (χ1) is 8.04. The highest BCUT2D eigenvalue weighted by Gasteiger charge is 2.03. The Morgan fingerprint density at radius 1 is 1.24 bits per heavy atom. The fourth-order valence-corrected chi connectivity index (χ4v) is 1.24. The van der Waals surface area contributed by atoms with E-state index in [0.717, 1.165) is 5.56 Å². The number of rotatable bonds is 4. The number of primary amides is 1. The lowest BCUT2D eigenvalue weighted by molar-refractivity contribution is 0.100. The second kappa shape index (κ2) is 5.50. The number of carbonyl (C=O) groups excluding carboxylic acids is 1. The van der Waals surface area contributed by atoms with Crippen molar-refractivity contribution in [1.82, 2.24) is 0 Å².